The van der Waals surface area contributed by atoms with Crippen LogP contribution in [0.25, 0.3) is 0 Å². The number of carbonyl (C=O) groups is 2. The van der Waals surface area contributed by atoms with E-state index in [1.807, 2.05) is 0 Å². The van der Waals surface area contributed by atoms with Crippen molar-refractivity contribution >= 4 is 17.4 Å². The number of hydrogen-bond acceptors (Lipinski definition) is 3. The van der Waals surface area contributed by atoms with Crippen molar-refractivity contribution in [1.29, 1.82) is 0 Å². The Hall–Kier alpha value is -1.68. The second-order valence-electron chi connectivity index (χ2n) is 3.22. The van der Waals surface area contributed by atoms with Crippen LogP contribution in [-0.2, 0) is 4.79 Å². The molecule has 1 aromatic rings. The number of rotatable bonds is 0. The van der Waals surface area contributed by atoms with Gasteiger partial charge in [0.25, 0.3) is 0 Å². The van der Waals surface area contributed by atoms with Crippen molar-refractivity contribution in [2.45, 2.75) is 13.1 Å². The summed E-state index contributed by atoms with van der Waals surface area (Å²) in [4.78, 5) is 24.2. The molecule has 2 rings (SSSR count). The summed E-state index contributed by atoms with van der Waals surface area (Å²) >= 11 is 0. The fourth-order valence-corrected chi connectivity index (χ4v) is 1.68. The van der Waals surface area contributed by atoms with Gasteiger partial charge in [-0.1, -0.05) is 12.1 Å². The van der Waals surface area contributed by atoms with Crippen molar-refractivity contribution in [3.63, 3.8) is 0 Å². The van der Waals surface area contributed by atoms with Gasteiger partial charge in [0.05, 0.1) is 5.69 Å². The number of nitrogens with zero attached hydrogens (tertiary/aromatic N) is 1. The molecule has 4 heteroatoms. The van der Waals surface area contributed by atoms with Gasteiger partial charge in [0.2, 0.25) is 11.7 Å². The third-order valence-electron chi connectivity index (χ3n) is 2.32. The van der Waals surface area contributed by atoms with Gasteiger partial charge in [0.15, 0.2) is 0 Å². The van der Waals surface area contributed by atoms with Gasteiger partial charge >= 0.3 is 0 Å². The van der Waals surface area contributed by atoms with E-state index in [2.05, 4.69) is 0 Å². The Morgan fingerprint density at radius 3 is 2.71 bits per heavy atom. The molecular weight excluding hydrogens is 180 g/mol. The van der Waals surface area contributed by atoms with Gasteiger partial charge in [0, 0.05) is 12.5 Å². The van der Waals surface area contributed by atoms with E-state index in [-0.39, 0.29) is 11.7 Å². The van der Waals surface area contributed by atoms with Crippen molar-refractivity contribution in [1.82, 2.24) is 0 Å². The normalized spacial score (nSPS) is 19.7. The smallest absolute Gasteiger partial charge is 0.225 e. The van der Waals surface area contributed by atoms with Crippen LogP contribution >= 0.6 is 0 Å². The lowest BCUT2D eigenvalue weighted by Crippen LogP contribution is -2.45. The number of ketones is 1. The topological polar surface area (TPSA) is 63.4 Å². The van der Waals surface area contributed by atoms with Gasteiger partial charge in [-0.15, -0.1) is 0 Å². The molecule has 1 amide bonds. The Kier molecular flexibility index (Phi) is 1.86. The molecule has 0 aromatic heterocycles. The van der Waals surface area contributed by atoms with E-state index in [1.54, 1.807) is 24.3 Å². The first-order valence-electron chi connectivity index (χ1n) is 4.31. The maximum atomic E-state index is 11.6. The third-order valence-corrected chi connectivity index (χ3v) is 2.32. The SMILES string of the molecule is CC(=O)N1c2ccccc2C(=O)C1N. The number of benzene rings is 1. The summed E-state index contributed by atoms with van der Waals surface area (Å²) in [5.41, 5.74) is 6.76. The highest BCUT2D eigenvalue weighted by atomic mass is 16.2. The molecule has 2 N–H and O–H groups in total. The minimum Gasteiger partial charge on any atom is -0.304 e. The molecule has 1 aromatic carbocycles. The van der Waals surface area contributed by atoms with E-state index in [9.17, 15) is 9.59 Å². The molecule has 0 saturated heterocycles. The molecule has 0 bridgehead atoms. The molecule has 1 aliphatic heterocycles. The molecule has 14 heavy (non-hydrogen) atoms. The Morgan fingerprint density at radius 1 is 1.43 bits per heavy atom. The summed E-state index contributed by atoms with van der Waals surface area (Å²) in [6.45, 7) is 1.40. The number of carbonyl (C=O) groups excluding carboxylic acids is 2. The predicted molar refractivity (Wildman–Crippen MR) is 51.9 cm³/mol. The van der Waals surface area contributed by atoms with Gasteiger partial charge < -0.3 is 5.73 Å². The van der Waals surface area contributed by atoms with Crippen LogP contribution in [0.4, 0.5) is 5.69 Å². The Balaban J connectivity index is 2.59. The van der Waals surface area contributed by atoms with Crippen LogP contribution in [0.2, 0.25) is 0 Å². The first kappa shape index (κ1) is 8.90. The van der Waals surface area contributed by atoms with Crippen molar-refractivity contribution in [2.24, 2.45) is 5.73 Å². The fourth-order valence-electron chi connectivity index (χ4n) is 1.68. The number of anilines is 1. The summed E-state index contributed by atoms with van der Waals surface area (Å²) in [5.74, 6) is -0.411. The number of Topliss-reactive ketones (excluding diaryl/α,β-unsaturated/α-hetero) is 1. The van der Waals surface area contributed by atoms with Crippen LogP contribution in [0.1, 0.15) is 17.3 Å². The van der Waals surface area contributed by atoms with E-state index in [1.165, 1.54) is 11.8 Å². The van der Waals surface area contributed by atoms with Crippen LogP contribution in [0, 0.1) is 0 Å². The molecule has 0 spiro atoms. The standard InChI is InChI=1S/C10H10N2O2/c1-6(13)12-8-5-3-2-4-7(8)9(14)10(12)11/h2-5,10H,11H2,1H3. The van der Waals surface area contributed by atoms with Crippen LogP contribution in [-0.4, -0.2) is 17.9 Å². The molecule has 0 fully saturated rings. The second kappa shape index (κ2) is 2.92. The molecule has 1 atom stereocenters. The largest absolute Gasteiger partial charge is 0.304 e. The highest BCUT2D eigenvalue weighted by molar-refractivity contribution is 6.16. The van der Waals surface area contributed by atoms with E-state index < -0.39 is 6.17 Å². The maximum absolute atomic E-state index is 11.6. The first-order chi connectivity index (χ1) is 6.63. The average Bonchev–Trinajstić information content (AvgIpc) is 2.41. The highest BCUT2D eigenvalue weighted by Gasteiger charge is 2.36. The van der Waals surface area contributed by atoms with E-state index in [4.69, 9.17) is 5.73 Å². The van der Waals surface area contributed by atoms with Crippen LogP contribution in [0.5, 0.6) is 0 Å². The van der Waals surface area contributed by atoms with Crippen molar-refractivity contribution in [2.75, 3.05) is 4.90 Å². The molecule has 0 radical (unpaired) electrons. The molecule has 72 valence electrons. The van der Waals surface area contributed by atoms with Gasteiger partial charge in [-0.2, -0.15) is 0 Å². The molecule has 0 aliphatic carbocycles. The minimum atomic E-state index is -0.857. The van der Waals surface area contributed by atoms with E-state index in [0.717, 1.165) is 0 Å². The lowest BCUT2D eigenvalue weighted by molar-refractivity contribution is -0.116. The summed E-state index contributed by atoms with van der Waals surface area (Å²) < 4.78 is 0. The number of nitrogens with two attached hydrogens (primary N) is 1. The number of amides is 1. The van der Waals surface area contributed by atoms with Crippen molar-refractivity contribution < 1.29 is 9.59 Å². The van der Waals surface area contributed by atoms with Crippen molar-refractivity contribution in [3.8, 4) is 0 Å². The third kappa shape index (κ3) is 1.04. The zero-order valence-electron chi connectivity index (χ0n) is 7.73. The van der Waals surface area contributed by atoms with E-state index in [0.29, 0.717) is 11.3 Å². The van der Waals surface area contributed by atoms with Gasteiger partial charge in [-0.3, -0.25) is 14.5 Å². The lowest BCUT2D eigenvalue weighted by Gasteiger charge is -2.18. The second-order valence-corrected chi connectivity index (χ2v) is 3.22. The summed E-state index contributed by atoms with van der Waals surface area (Å²) in [5, 5.41) is 0. The zero-order chi connectivity index (χ0) is 10.3. The highest BCUT2D eigenvalue weighted by Crippen LogP contribution is 2.29. The Morgan fingerprint density at radius 2 is 2.07 bits per heavy atom. The van der Waals surface area contributed by atoms with Crippen LogP contribution in [0.15, 0.2) is 24.3 Å². The predicted octanol–water partition coefficient (Wildman–Crippen LogP) is 0.521. The monoisotopic (exact) mass is 190 g/mol. The minimum absolute atomic E-state index is 0.198. The summed E-state index contributed by atoms with van der Waals surface area (Å²) in [6.07, 6.45) is -0.857. The summed E-state index contributed by atoms with van der Waals surface area (Å²) in [7, 11) is 0. The lowest BCUT2D eigenvalue weighted by atomic mass is 10.1. The van der Waals surface area contributed by atoms with E-state index >= 15 is 0 Å². The average molecular weight is 190 g/mol. The van der Waals surface area contributed by atoms with Gasteiger partial charge in [-0.25, -0.2) is 0 Å². The van der Waals surface area contributed by atoms with Gasteiger partial charge in [0.1, 0.15) is 6.17 Å². The number of fused-ring (bicyclic) bond motifs is 1. The molecular formula is C10H10N2O2. The molecule has 1 heterocycles. The Bertz CT molecular complexity index is 414. The summed E-state index contributed by atoms with van der Waals surface area (Å²) in [6, 6.07) is 6.94. The van der Waals surface area contributed by atoms with Gasteiger partial charge in [-0.05, 0) is 12.1 Å². The maximum Gasteiger partial charge on any atom is 0.225 e. The van der Waals surface area contributed by atoms with Crippen molar-refractivity contribution in [3.05, 3.63) is 29.8 Å². The number of para-hydroxylation sites is 1. The molecule has 4 nitrogen and oxygen atoms in total. The van der Waals surface area contributed by atoms with Crippen LogP contribution in [0.3, 0.4) is 0 Å². The Labute approximate surface area is 81.3 Å². The zero-order valence-corrected chi connectivity index (χ0v) is 7.73. The van der Waals surface area contributed by atoms with Crippen LogP contribution < -0.4 is 10.6 Å². The number of hydrogen-bond donors (Lipinski definition) is 1. The molecule has 1 aliphatic rings. The molecule has 1 unspecified atom stereocenters. The molecule has 0 saturated carbocycles. The first-order valence-corrected chi connectivity index (χ1v) is 4.31. The quantitative estimate of drug-likeness (QED) is 0.648. The fraction of sp³-hybridized carbons (Fsp3) is 0.200.